The maximum atomic E-state index is 12.2. The number of sulfonamides is 1. The largest absolute Gasteiger partial charge is 0.449 e. The summed E-state index contributed by atoms with van der Waals surface area (Å²) in [7, 11) is -3.33. The molecule has 0 spiro atoms. The number of benzene rings is 1. The summed E-state index contributed by atoms with van der Waals surface area (Å²) in [6, 6.07) is 4.69. The molecule has 1 aliphatic heterocycles. The molecular formula is C16H20N2O5S. The summed E-state index contributed by atoms with van der Waals surface area (Å²) in [4.78, 5) is 23.9. The van der Waals surface area contributed by atoms with E-state index in [-0.39, 0.29) is 5.56 Å². The Morgan fingerprint density at radius 1 is 1.46 bits per heavy atom. The first-order valence-electron chi connectivity index (χ1n) is 7.44. The SMILES string of the molecule is C=CCNC(=O)[C@@H](C)OC(=O)c1ccc2c(c1)CCN2S(C)(=O)=O. The van der Waals surface area contributed by atoms with Gasteiger partial charge in [-0.25, -0.2) is 13.2 Å². The Bertz CT molecular complexity index is 773. The first kappa shape index (κ1) is 18.0. The molecule has 0 saturated heterocycles. The van der Waals surface area contributed by atoms with Crippen molar-refractivity contribution in [2.24, 2.45) is 0 Å². The first-order valence-corrected chi connectivity index (χ1v) is 9.29. The maximum absolute atomic E-state index is 12.2. The van der Waals surface area contributed by atoms with Crippen molar-refractivity contribution in [1.29, 1.82) is 0 Å². The number of ether oxygens (including phenoxy) is 1. The molecule has 7 nitrogen and oxygen atoms in total. The van der Waals surface area contributed by atoms with Gasteiger partial charge in [-0.1, -0.05) is 6.08 Å². The number of carbonyl (C=O) groups excluding carboxylic acids is 2. The maximum Gasteiger partial charge on any atom is 0.338 e. The molecule has 0 radical (unpaired) electrons. The predicted octanol–water partition coefficient (Wildman–Crippen LogP) is 0.856. The molecule has 8 heteroatoms. The third-order valence-electron chi connectivity index (χ3n) is 3.64. The van der Waals surface area contributed by atoms with E-state index in [2.05, 4.69) is 11.9 Å². The lowest BCUT2D eigenvalue weighted by Gasteiger charge is -2.17. The van der Waals surface area contributed by atoms with E-state index in [9.17, 15) is 18.0 Å². The van der Waals surface area contributed by atoms with Crippen LogP contribution in [0.1, 0.15) is 22.8 Å². The monoisotopic (exact) mass is 352 g/mol. The fourth-order valence-corrected chi connectivity index (χ4v) is 3.40. The molecule has 1 heterocycles. The van der Waals surface area contributed by atoms with Gasteiger partial charge < -0.3 is 10.1 Å². The van der Waals surface area contributed by atoms with Crippen LogP contribution in [0.5, 0.6) is 0 Å². The lowest BCUT2D eigenvalue weighted by molar-refractivity contribution is -0.128. The van der Waals surface area contributed by atoms with Crippen molar-refractivity contribution in [2.45, 2.75) is 19.4 Å². The van der Waals surface area contributed by atoms with Crippen LogP contribution in [0.4, 0.5) is 5.69 Å². The van der Waals surface area contributed by atoms with Gasteiger partial charge in [0.1, 0.15) is 0 Å². The van der Waals surface area contributed by atoms with E-state index in [1.807, 2.05) is 0 Å². The molecule has 0 aromatic heterocycles. The van der Waals surface area contributed by atoms with E-state index in [0.29, 0.717) is 25.2 Å². The molecular weight excluding hydrogens is 332 g/mol. The van der Waals surface area contributed by atoms with Crippen LogP contribution in [-0.4, -0.2) is 45.7 Å². The van der Waals surface area contributed by atoms with Gasteiger partial charge in [0.2, 0.25) is 10.0 Å². The van der Waals surface area contributed by atoms with E-state index in [1.54, 1.807) is 12.1 Å². The minimum atomic E-state index is -3.33. The van der Waals surface area contributed by atoms with Crippen LogP contribution in [0.15, 0.2) is 30.9 Å². The average molecular weight is 352 g/mol. The number of hydrogen-bond acceptors (Lipinski definition) is 5. The van der Waals surface area contributed by atoms with Crippen molar-refractivity contribution in [1.82, 2.24) is 5.32 Å². The van der Waals surface area contributed by atoms with Crippen molar-refractivity contribution in [3.63, 3.8) is 0 Å². The second-order valence-corrected chi connectivity index (χ2v) is 7.42. The summed E-state index contributed by atoms with van der Waals surface area (Å²) in [5.41, 5.74) is 1.62. The minimum absolute atomic E-state index is 0.285. The Balaban J connectivity index is 2.10. The normalized spacial score (nSPS) is 14.7. The summed E-state index contributed by atoms with van der Waals surface area (Å²) in [6.45, 7) is 5.62. The Hall–Kier alpha value is -2.35. The highest BCUT2D eigenvalue weighted by atomic mass is 32.2. The zero-order valence-corrected chi connectivity index (χ0v) is 14.4. The van der Waals surface area contributed by atoms with E-state index < -0.39 is 28.0 Å². The van der Waals surface area contributed by atoms with Crippen molar-refractivity contribution in [2.75, 3.05) is 23.7 Å². The van der Waals surface area contributed by atoms with Crippen LogP contribution < -0.4 is 9.62 Å². The van der Waals surface area contributed by atoms with Gasteiger partial charge in [0.25, 0.3) is 5.91 Å². The number of nitrogens with zero attached hydrogens (tertiary/aromatic N) is 1. The fourth-order valence-electron chi connectivity index (χ4n) is 2.44. The summed E-state index contributed by atoms with van der Waals surface area (Å²) < 4.78 is 29.8. The number of nitrogens with one attached hydrogen (secondary N) is 1. The third kappa shape index (κ3) is 3.94. The van der Waals surface area contributed by atoms with Gasteiger partial charge in [0, 0.05) is 13.1 Å². The molecule has 1 amide bonds. The Morgan fingerprint density at radius 2 is 2.17 bits per heavy atom. The van der Waals surface area contributed by atoms with Crippen molar-refractivity contribution in [3.05, 3.63) is 42.0 Å². The standard InChI is InChI=1S/C16H20N2O5S/c1-4-8-17-15(19)11(2)23-16(20)13-5-6-14-12(10-13)7-9-18(14)24(3,21)22/h4-6,10-11H,1,7-9H2,2-3H3,(H,17,19)/t11-/m1/s1. The first-order chi connectivity index (χ1) is 11.2. The molecule has 0 saturated carbocycles. The van der Waals surface area contributed by atoms with Gasteiger partial charge in [-0.2, -0.15) is 0 Å². The zero-order chi connectivity index (χ0) is 17.9. The highest BCUT2D eigenvalue weighted by Crippen LogP contribution is 2.30. The van der Waals surface area contributed by atoms with Gasteiger partial charge in [0.05, 0.1) is 17.5 Å². The molecule has 1 aromatic carbocycles. The molecule has 1 atom stereocenters. The van der Waals surface area contributed by atoms with Gasteiger partial charge in [-0.15, -0.1) is 6.58 Å². The lowest BCUT2D eigenvalue weighted by Crippen LogP contribution is -2.35. The number of amides is 1. The molecule has 0 unspecified atom stereocenters. The highest BCUT2D eigenvalue weighted by molar-refractivity contribution is 7.92. The van der Waals surface area contributed by atoms with Gasteiger partial charge in [-0.05, 0) is 37.1 Å². The zero-order valence-electron chi connectivity index (χ0n) is 13.6. The van der Waals surface area contributed by atoms with Crippen LogP contribution in [-0.2, 0) is 26.0 Å². The van der Waals surface area contributed by atoms with Crippen LogP contribution >= 0.6 is 0 Å². The molecule has 2 rings (SSSR count). The molecule has 1 aliphatic rings. The Labute approximate surface area is 141 Å². The van der Waals surface area contributed by atoms with Crippen LogP contribution in [0.3, 0.4) is 0 Å². The van der Waals surface area contributed by atoms with Gasteiger partial charge >= 0.3 is 5.97 Å². The molecule has 0 aliphatic carbocycles. The Kier molecular flexibility index (Phi) is 5.28. The van der Waals surface area contributed by atoms with Gasteiger partial charge in [0.15, 0.2) is 6.10 Å². The summed E-state index contributed by atoms with van der Waals surface area (Å²) in [5.74, 6) is -1.04. The third-order valence-corrected chi connectivity index (χ3v) is 4.82. The van der Waals surface area contributed by atoms with Crippen molar-refractivity contribution >= 4 is 27.6 Å². The molecule has 0 bridgehead atoms. The number of esters is 1. The van der Waals surface area contributed by atoms with Crippen molar-refractivity contribution in [3.8, 4) is 0 Å². The summed E-state index contributed by atoms with van der Waals surface area (Å²) in [5, 5.41) is 2.55. The van der Waals surface area contributed by atoms with Gasteiger partial charge in [-0.3, -0.25) is 9.10 Å². The molecule has 0 fully saturated rings. The lowest BCUT2D eigenvalue weighted by atomic mass is 10.1. The van der Waals surface area contributed by atoms with Crippen LogP contribution in [0, 0.1) is 0 Å². The second-order valence-electron chi connectivity index (χ2n) is 5.51. The second kappa shape index (κ2) is 7.04. The Morgan fingerprint density at radius 3 is 2.79 bits per heavy atom. The highest BCUT2D eigenvalue weighted by Gasteiger charge is 2.27. The minimum Gasteiger partial charge on any atom is -0.449 e. The topological polar surface area (TPSA) is 92.8 Å². The number of rotatable bonds is 6. The number of carbonyl (C=O) groups is 2. The number of anilines is 1. The quantitative estimate of drug-likeness (QED) is 0.605. The smallest absolute Gasteiger partial charge is 0.338 e. The molecule has 24 heavy (non-hydrogen) atoms. The molecule has 1 N–H and O–H groups in total. The summed E-state index contributed by atoms with van der Waals surface area (Å²) in [6.07, 6.45) is 2.27. The number of hydrogen-bond donors (Lipinski definition) is 1. The van der Waals surface area contributed by atoms with E-state index in [0.717, 1.165) is 11.8 Å². The number of fused-ring (bicyclic) bond motifs is 1. The fraction of sp³-hybridized carbons (Fsp3) is 0.375. The van der Waals surface area contributed by atoms with Crippen LogP contribution in [0.25, 0.3) is 0 Å². The summed E-state index contributed by atoms with van der Waals surface area (Å²) >= 11 is 0. The van der Waals surface area contributed by atoms with Crippen LogP contribution in [0.2, 0.25) is 0 Å². The van der Waals surface area contributed by atoms with E-state index in [1.165, 1.54) is 23.4 Å². The van der Waals surface area contributed by atoms with E-state index >= 15 is 0 Å². The predicted molar refractivity (Wildman–Crippen MR) is 90.4 cm³/mol. The molecule has 130 valence electrons. The van der Waals surface area contributed by atoms with Crippen molar-refractivity contribution < 1.29 is 22.7 Å². The molecule has 1 aromatic rings. The average Bonchev–Trinajstić information content (AvgIpc) is 2.95. The van der Waals surface area contributed by atoms with E-state index in [4.69, 9.17) is 4.74 Å².